The van der Waals surface area contributed by atoms with Gasteiger partial charge in [-0.15, -0.1) is 0 Å². The summed E-state index contributed by atoms with van der Waals surface area (Å²) in [6.45, 7) is 10.00. The number of nitrogens with zero attached hydrogens (tertiary/aromatic N) is 1. The third-order valence-corrected chi connectivity index (χ3v) is 3.03. The number of hydrogen-bond acceptors (Lipinski definition) is 3. The minimum atomic E-state index is -0.429. The van der Waals surface area contributed by atoms with E-state index in [0.717, 1.165) is 11.1 Å². The van der Waals surface area contributed by atoms with Crippen LogP contribution in [0.5, 0.6) is 0 Å². The van der Waals surface area contributed by atoms with Gasteiger partial charge in [-0.25, -0.2) is 0 Å². The second-order valence-corrected chi connectivity index (χ2v) is 4.34. The molecule has 0 spiro atoms. The summed E-state index contributed by atoms with van der Waals surface area (Å²) in [5, 5.41) is 11.1. The summed E-state index contributed by atoms with van der Waals surface area (Å²) in [6, 6.07) is 14.5. The van der Waals surface area contributed by atoms with Crippen LogP contribution in [0.2, 0.25) is 0 Å². The largest absolute Gasteiger partial charge is 0.372 e. The van der Waals surface area contributed by atoms with Crippen molar-refractivity contribution in [2.75, 3.05) is 7.11 Å². The quantitative estimate of drug-likeness (QED) is 0.537. The summed E-state index contributed by atoms with van der Waals surface area (Å²) < 4.78 is 5.45. The molecule has 4 heteroatoms. The average molecular weight is 317 g/mol. The molecule has 2 aromatic carbocycles. The molecule has 23 heavy (non-hydrogen) atoms. The summed E-state index contributed by atoms with van der Waals surface area (Å²) in [7, 11) is 1.56. The zero-order valence-corrected chi connectivity index (χ0v) is 14.9. The Balaban J connectivity index is 0.00000112. The first-order chi connectivity index (χ1) is 11.1. The number of methoxy groups -OCH3 is 1. The van der Waals surface area contributed by atoms with E-state index in [2.05, 4.69) is 0 Å². The van der Waals surface area contributed by atoms with Crippen molar-refractivity contribution in [1.29, 1.82) is 0 Å². The van der Waals surface area contributed by atoms with Gasteiger partial charge >= 0.3 is 0 Å². The van der Waals surface area contributed by atoms with E-state index in [1.165, 1.54) is 6.07 Å². The first-order valence-electron chi connectivity index (χ1n) is 7.96. The number of nitro groups is 1. The van der Waals surface area contributed by atoms with E-state index in [9.17, 15) is 10.1 Å². The first kappa shape index (κ1) is 20.8. The van der Waals surface area contributed by atoms with Crippen LogP contribution in [0.4, 0.5) is 5.69 Å². The highest BCUT2D eigenvalue weighted by Gasteiger charge is 2.22. The minimum Gasteiger partial charge on any atom is -0.372 e. The van der Waals surface area contributed by atoms with Gasteiger partial charge < -0.3 is 4.74 Å². The lowest BCUT2D eigenvalue weighted by Gasteiger charge is -2.16. The maximum absolute atomic E-state index is 11.1. The molecule has 126 valence electrons. The number of rotatable bonds is 4. The Kier molecular flexibility index (Phi) is 10.3. The van der Waals surface area contributed by atoms with Crippen molar-refractivity contribution in [2.24, 2.45) is 0 Å². The number of hydrogen-bond donors (Lipinski definition) is 0. The van der Waals surface area contributed by atoms with Crippen molar-refractivity contribution < 1.29 is 9.66 Å². The molecule has 1 atom stereocenters. The van der Waals surface area contributed by atoms with Gasteiger partial charge in [-0.1, -0.05) is 69.7 Å². The maximum atomic E-state index is 11.1. The first-order valence-corrected chi connectivity index (χ1v) is 7.96. The van der Waals surface area contributed by atoms with Crippen molar-refractivity contribution in [2.45, 2.75) is 40.7 Å². The second-order valence-electron chi connectivity index (χ2n) is 4.34. The van der Waals surface area contributed by atoms with Crippen LogP contribution in [-0.2, 0) is 4.74 Å². The molecule has 0 aromatic heterocycles. The van der Waals surface area contributed by atoms with Crippen LogP contribution in [0.25, 0.3) is 0 Å². The fourth-order valence-electron chi connectivity index (χ4n) is 2.06. The summed E-state index contributed by atoms with van der Waals surface area (Å²) in [5.74, 6) is 0. The average Bonchev–Trinajstić information content (AvgIpc) is 2.61. The monoisotopic (exact) mass is 317 g/mol. The second kappa shape index (κ2) is 11.4. The van der Waals surface area contributed by atoms with E-state index in [1.54, 1.807) is 25.3 Å². The Bertz CT molecular complexity index is 579. The van der Waals surface area contributed by atoms with Crippen LogP contribution in [0.3, 0.4) is 0 Å². The molecular weight excluding hydrogens is 290 g/mol. The third-order valence-electron chi connectivity index (χ3n) is 3.03. The summed E-state index contributed by atoms with van der Waals surface area (Å²) in [5.41, 5.74) is 2.69. The molecule has 0 heterocycles. The maximum Gasteiger partial charge on any atom is 0.275 e. The third kappa shape index (κ3) is 5.83. The van der Waals surface area contributed by atoms with Crippen LogP contribution in [0.15, 0.2) is 48.5 Å². The van der Waals surface area contributed by atoms with Crippen molar-refractivity contribution >= 4 is 5.69 Å². The predicted molar refractivity (Wildman–Crippen MR) is 95.8 cm³/mol. The van der Waals surface area contributed by atoms with Crippen LogP contribution < -0.4 is 0 Å². The zero-order chi connectivity index (χ0) is 17.8. The summed E-state index contributed by atoms with van der Waals surface area (Å²) in [4.78, 5) is 10.7. The van der Waals surface area contributed by atoms with Gasteiger partial charge in [0, 0.05) is 13.2 Å². The van der Waals surface area contributed by atoms with E-state index < -0.39 is 6.10 Å². The number of ether oxygens (including phenoxy) is 1. The Hall–Kier alpha value is -2.20. The summed E-state index contributed by atoms with van der Waals surface area (Å²) >= 11 is 0. The van der Waals surface area contributed by atoms with Crippen molar-refractivity contribution in [3.05, 3.63) is 75.3 Å². The van der Waals surface area contributed by atoms with E-state index in [1.807, 2.05) is 58.9 Å². The van der Waals surface area contributed by atoms with Gasteiger partial charge in [-0.3, -0.25) is 10.1 Å². The fraction of sp³-hybridized carbons (Fsp3) is 0.368. The fourth-order valence-corrected chi connectivity index (χ4v) is 2.06. The van der Waals surface area contributed by atoms with E-state index in [-0.39, 0.29) is 10.6 Å². The van der Waals surface area contributed by atoms with Crippen molar-refractivity contribution in [3.8, 4) is 0 Å². The number of aryl methyl sites for hydroxylation is 1. The Labute approximate surface area is 139 Å². The van der Waals surface area contributed by atoms with Gasteiger partial charge in [0.15, 0.2) is 0 Å². The van der Waals surface area contributed by atoms with Crippen LogP contribution in [-0.4, -0.2) is 12.0 Å². The zero-order valence-electron chi connectivity index (χ0n) is 14.9. The molecule has 0 N–H and O–H groups in total. The standard InChI is InChI=1S/C15H15NO3.2C2H6/c1-11-7-9-12(10-8-11)15(19-2)13-5-3-4-6-14(13)16(17)18;2*1-2/h3-10,15H,1-2H3;2*1-2H3. The van der Waals surface area contributed by atoms with Gasteiger partial charge in [0.05, 0.1) is 10.5 Å². The highest BCUT2D eigenvalue weighted by atomic mass is 16.6. The molecule has 0 aliphatic heterocycles. The molecule has 0 radical (unpaired) electrons. The van der Waals surface area contributed by atoms with Gasteiger partial charge in [-0.2, -0.15) is 0 Å². The SMILES string of the molecule is CC.CC.COC(c1ccc(C)cc1)c1ccccc1[N+](=O)[O-]. The molecule has 0 amide bonds. The van der Waals surface area contributed by atoms with Crippen LogP contribution in [0, 0.1) is 17.0 Å². The highest BCUT2D eigenvalue weighted by Crippen LogP contribution is 2.32. The molecule has 1 unspecified atom stereocenters. The number of benzene rings is 2. The van der Waals surface area contributed by atoms with E-state index >= 15 is 0 Å². The molecular formula is C19H27NO3. The van der Waals surface area contributed by atoms with Gasteiger partial charge in [0.2, 0.25) is 0 Å². The Morgan fingerprint density at radius 3 is 1.96 bits per heavy atom. The van der Waals surface area contributed by atoms with Crippen molar-refractivity contribution in [3.63, 3.8) is 0 Å². The highest BCUT2D eigenvalue weighted by molar-refractivity contribution is 5.45. The normalized spacial score (nSPS) is 10.5. The Morgan fingerprint density at radius 2 is 1.48 bits per heavy atom. The molecule has 0 aliphatic rings. The lowest BCUT2D eigenvalue weighted by Crippen LogP contribution is -2.06. The molecule has 0 saturated carbocycles. The molecule has 2 aromatic rings. The molecule has 0 fully saturated rings. The smallest absolute Gasteiger partial charge is 0.275 e. The number of para-hydroxylation sites is 1. The molecule has 0 saturated heterocycles. The molecule has 0 bridgehead atoms. The van der Waals surface area contributed by atoms with E-state index in [0.29, 0.717) is 5.56 Å². The van der Waals surface area contributed by atoms with Crippen LogP contribution in [0.1, 0.15) is 50.5 Å². The van der Waals surface area contributed by atoms with Crippen LogP contribution >= 0.6 is 0 Å². The topological polar surface area (TPSA) is 52.4 Å². The van der Waals surface area contributed by atoms with Crippen molar-refractivity contribution in [1.82, 2.24) is 0 Å². The van der Waals surface area contributed by atoms with Gasteiger partial charge in [0.1, 0.15) is 6.10 Å². The molecule has 2 rings (SSSR count). The lowest BCUT2D eigenvalue weighted by atomic mass is 9.99. The Morgan fingerprint density at radius 1 is 0.957 bits per heavy atom. The number of nitro benzene ring substituents is 1. The predicted octanol–water partition coefficient (Wildman–Crippen LogP) is 5.69. The minimum absolute atomic E-state index is 0.0786. The van der Waals surface area contributed by atoms with Gasteiger partial charge in [-0.05, 0) is 18.6 Å². The molecule has 4 nitrogen and oxygen atoms in total. The summed E-state index contributed by atoms with van der Waals surface area (Å²) in [6.07, 6.45) is -0.429. The van der Waals surface area contributed by atoms with E-state index in [4.69, 9.17) is 4.74 Å². The van der Waals surface area contributed by atoms with Gasteiger partial charge in [0.25, 0.3) is 5.69 Å². The lowest BCUT2D eigenvalue weighted by molar-refractivity contribution is -0.386. The molecule has 0 aliphatic carbocycles.